The van der Waals surface area contributed by atoms with Crippen molar-refractivity contribution in [2.75, 3.05) is 0 Å². The zero-order valence-corrected chi connectivity index (χ0v) is 12.1. The van der Waals surface area contributed by atoms with E-state index in [4.69, 9.17) is 0 Å². The van der Waals surface area contributed by atoms with Crippen LogP contribution in [0.5, 0.6) is 0 Å². The summed E-state index contributed by atoms with van der Waals surface area (Å²) in [5.74, 6) is -2.08. The van der Waals surface area contributed by atoms with Crippen molar-refractivity contribution in [3.05, 3.63) is 48.2 Å². The number of rotatable bonds is 5. The van der Waals surface area contributed by atoms with Crippen molar-refractivity contribution < 1.29 is 19.7 Å². The van der Waals surface area contributed by atoms with Crippen molar-refractivity contribution in [2.45, 2.75) is 25.4 Å². The Morgan fingerprint density at radius 2 is 1.91 bits per heavy atom. The summed E-state index contributed by atoms with van der Waals surface area (Å²) in [6, 6.07) is 8.94. The van der Waals surface area contributed by atoms with Crippen LogP contribution in [-0.2, 0) is 16.1 Å². The first-order chi connectivity index (χ1) is 10.6. The molecule has 22 heavy (non-hydrogen) atoms. The summed E-state index contributed by atoms with van der Waals surface area (Å²) in [6.45, 7) is 4.00. The maximum Gasteiger partial charge on any atom is 0.331 e. The van der Waals surface area contributed by atoms with Gasteiger partial charge in [-0.3, -0.25) is 19.8 Å². The van der Waals surface area contributed by atoms with Gasteiger partial charge in [-0.15, -0.1) is 0 Å². The number of carbonyl (C=O) groups excluding carboxylic acids is 3. The van der Waals surface area contributed by atoms with Gasteiger partial charge in [0.15, 0.2) is 5.92 Å². The van der Waals surface area contributed by atoms with Gasteiger partial charge < -0.3 is 5.32 Å². The molecule has 0 aromatic heterocycles. The average Bonchev–Trinajstić information content (AvgIpc) is 3.28. The summed E-state index contributed by atoms with van der Waals surface area (Å²) in [6.07, 6.45) is 2.13. The van der Waals surface area contributed by atoms with Gasteiger partial charge in [0.05, 0.1) is 12.6 Å². The minimum atomic E-state index is -0.998. The van der Waals surface area contributed by atoms with Gasteiger partial charge in [-0.05, 0) is 12.1 Å². The van der Waals surface area contributed by atoms with Crippen LogP contribution in [0.25, 0.3) is 0 Å². The number of hydrogen-bond donors (Lipinski definition) is 2. The molecule has 1 atom stereocenters. The molecule has 0 spiro atoms. The van der Waals surface area contributed by atoms with Gasteiger partial charge in [0.2, 0.25) is 0 Å². The highest BCUT2D eigenvalue weighted by Crippen LogP contribution is 2.19. The monoisotopic (exact) mass is 300 g/mol. The second-order valence-electron chi connectivity index (χ2n) is 5.72. The fourth-order valence-electron chi connectivity index (χ4n) is 2.52. The highest BCUT2D eigenvalue weighted by atomic mass is 16.2. The van der Waals surface area contributed by atoms with Crippen molar-refractivity contribution in [3.63, 3.8) is 0 Å². The minimum absolute atomic E-state index is 0.145. The van der Waals surface area contributed by atoms with Crippen LogP contribution in [0.3, 0.4) is 0 Å². The molecule has 2 aliphatic rings. The predicted molar refractivity (Wildman–Crippen MR) is 78.1 cm³/mol. The standard InChI is InChI=1S/C16H17N3O3/c1-10(17-12-7-8-12)13-14(20)18-16(22)19(15(13)21)9-11-5-3-2-4-6-11/h2-6,12-13,17H,1,7-9H2,(H,18,20,22)/p+1. The van der Waals surface area contributed by atoms with E-state index in [0.717, 1.165) is 23.3 Å². The number of amides is 4. The van der Waals surface area contributed by atoms with Gasteiger partial charge >= 0.3 is 6.03 Å². The lowest BCUT2D eigenvalue weighted by atomic mass is 10.0. The number of nitrogens with one attached hydrogen (secondary N) is 1. The number of barbiturate groups is 1. The van der Waals surface area contributed by atoms with Gasteiger partial charge in [-0.1, -0.05) is 30.3 Å². The second-order valence-corrected chi connectivity index (χ2v) is 5.72. The molecular weight excluding hydrogens is 282 g/mol. The van der Waals surface area contributed by atoms with E-state index in [-0.39, 0.29) is 6.54 Å². The van der Waals surface area contributed by atoms with Crippen LogP contribution in [-0.4, -0.2) is 28.8 Å². The molecule has 1 saturated carbocycles. The topological polar surface area (TPSA) is 83.1 Å². The molecule has 4 amide bonds. The maximum atomic E-state index is 12.6. The Balaban J connectivity index is 1.77. The molecule has 1 heterocycles. The highest BCUT2D eigenvalue weighted by molar-refractivity contribution is 6.17. The Hall–Kier alpha value is -2.47. The summed E-state index contributed by atoms with van der Waals surface area (Å²) in [7, 11) is 0. The first-order valence-electron chi connectivity index (χ1n) is 7.30. The normalized spacial score (nSPS) is 21.7. The lowest BCUT2D eigenvalue weighted by Gasteiger charge is -2.29. The molecule has 114 valence electrons. The summed E-state index contributed by atoms with van der Waals surface area (Å²) in [5, 5.41) is 4.12. The first-order valence-corrected chi connectivity index (χ1v) is 7.30. The van der Waals surface area contributed by atoms with Gasteiger partial charge in [0, 0.05) is 12.8 Å². The SMILES string of the molecule is C=C([NH2+]C1CC1)C1C(=O)NC(=O)N(Cc2ccccc2)C1=O. The zero-order valence-electron chi connectivity index (χ0n) is 12.1. The molecule has 1 aliphatic heterocycles. The molecule has 1 aromatic rings. The molecule has 1 aliphatic carbocycles. The molecule has 0 radical (unpaired) electrons. The van der Waals surface area contributed by atoms with E-state index in [1.807, 2.05) is 35.6 Å². The van der Waals surface area contributed by atoms with Gasteiger partial charge in [0.25, 0.3) is 11.8 Å². The van der Waals surface area contributed by atoms with Gasteiger partial charge in [-0.2, -0.15) is 0 Å². The second kappa shape index (κ2) is 5.73. The molecule has 1 unspecified atom stereocenters. The Morgan fingerprint density at radius 3 is 2.55 bits per heavy atom. The van der Waals surface area contributed by atoms with Crippen molar-refractivity contribution in [1.29, 1.82) is 0 Å². The van der Waals surface area contributed by atoms with E-state index in [0.29, 0.717) is 11.7 Å². The zero-order chi connectivity index (χ0) is 15.7. The largest absolute Gasteiger partial charge is 0.331 e. The van der Waals surface area contributed by atoms with Crippen LogP contribution < -0.4 is 10.6 Å². The van der Waals surface area contributed by atoms with Crippen molar-refractivity contribution >= 4 is 17.8 Å². The van der Waals surface area contributed by atoms with Gasteiger partial charge in [0.1, 0.15) is 5.70 Å². The maximum absolute atomic E-state index is 12.6. The van der Waals surface area contributed by atoms with E-state index in [1.54, 1.807) is 0 Å². The lowest BCUT2D eigenvalue weighted by Crippen LogP contribution is -2.86. The molecule has 1 aromatic carbocycles. The fourth-order valence-corrected chi connectivity index (χ4v) is 2.52. The van der Waals surface area contributed by atoms with Crippen molar-refractivity contribution in [2.24, 2.45) is 5.92 Å². The number of nitrogens with zero attached hydrogens (tertiary/aromatic N) is 1. The Kier molecular flexibility index (Phi) is 3.77. The van der Waals surface area contributed by atoms with E-state index in [9.17, 15) is 14.4 Å². The Morgan fingerprint density at radius 1 is 1.23 bits per heavy atom. The lowest BCUT2D eigenvalue weighted by molar-refractivity contribution is -0.623. The number of benzene rings is 1. The quantitative estimate of drug-likeness (QED) is 0.758. The molecule has 2 fully saturated rings. The molecule has 1 saturated heterocycles. The van der Waals surface area contributed by atoms with E-state index in [1.165, 1.54) is 0 Å². The van der Waals surface area contributed by atoms with Crippen LogP contribution in [0.4, 0.5) is 4.79 Å². The Labute approximate surface area is 128 Å². The third-order valence-electron chi connectivity index (χ3n) is 3.88. The van der Waals surface area contributed by atoms with E-state index < -0.39 is 23.8 Å². The average molecular weight is 300 g/mol. The minimum Gasteiger partial charge on any atom is -0.314 e. The Bertz CT molecular complexity index is 637. The van der Waals surface area contributed by atoms with Crippen molar-refractivity contribution in [3.8, 4) is 0 Å². The van der Waals surface area contributed by atoms with E-state index >= 15 is 0 Å². The number of quaternary nitrogens is 1. The molecule has 6 heteroatoms. The van der Waals surface area contributed by atoms with E-state index in [2.05, 4.69) is 11.9 Å². The fraction of sp³-hybridized carbons (Fsp3) is 0.312. The summed E-state index contributed by atoms with van der Waals surface area (Å²) in [5.41, 5.74) is 1.31. The first kappa shape index (κ1) is 14.5. The van der Waals surface area contributed by atoms with Crippen molar-refractivity contribution in [1.82, 2.24) is 10.2 Å². The molecule has 0 bridgehead atoms. The number of nitrogens with two attached hydrogens (primary N) is 1. The third-order valence-corrected chi connectivity index (χ3v) is 3.88. The molecule has 6 nitrogen and oxygen atoms in total. The smallest absolute Gasteiger partial charge is 0.314 e. The predicted octanol–water partition coefficient (Wildman–Crippen LogP) is 0.121. The molecule has 3 N–H and O–H groups in total. The number of urea groups is 1. The summed E-state index contributed by atoms with van der Waals surface area (Å²) in [4.78, 5) is 37.6. The summed E-state index contributed by atoms with van der Waals surface area (Å²) < 4.78 is 0. The summed E-state index contributed by atoms with van der Waals surface area (Å²) >= 11 is 0. The number of hydrogen-bond acceptors (Lipinski definition) is 3. The van der Waals surface area contributed by atoms with Crippen LogP contribution in [0.1, 0.15) is 18.4 Å². The number of imide groups is 2. The van der Waals surface area contributed by atoms with Crippen LogP contribution >= 0.6 is 0 Å². The van der Waals surface area contributed by atoms with Gasteiger partial charge in [-0.25, -0.2) is 4.79 Å². The third kappa shape index (κ3) is 2.92. The molecular formula is C16H18N3O3+. The van der Waals surface area contributed by atoms with Crippen LogP contribution in [0.2, 0.25) is 0 Å². The highest BCUT2D eigenvalue weighted by Gasteiger charge is 2.45. The van der Waals surface area contributed by atoms with Crippen LogP contribution in [0.15, 0.2) is 42.6 Å². The number of carbonyl (C=O) groups is 3. The van der Waals surface area contributed by atoms with Crippen LogP contribution in [0, 0.1) is 5.92 Å². The molecule has 3 rings (SSSR count).